The summed E-state index contributed by atoms with van der Waals surface area (Å²) in [6.45, 7) is 7.89. The van der Waals surface area contributed by atoms with Crippen molar-refractivity contribution >= 4 is 18.3 Å². The van der Waals surface area contributed by atoms with E-state index in [1.54, 1.807) is 30.6 Å². The molecule has 0 unspecified atom stereocenters. The van der Waals surface area contributed by atoms with Crippen molar-refractivity contribution in [3.8, 4) is 5.69 Å². The van der Waals surface area contributed by atoms with Crippen LogP contribution in [0.5, 0.6) is 0 Å². The molecule has 0 atom stereocenters. The van der Waals surface area contributed by atoms with E-state index in [4.69, 9.17) is 9.31 Å². The summed E-state index contributed by atoms with van der Waals surface area (Å²) in [5.74, 6) is 0. The molecule has 8 heteroatoms. The fraction of sp³-hybridized carbons (Fsp3) is 0.400. The van der Waals surface area contributed by atoms with Crippen LogP contribution in [0.1, 0.15) is 27.7 Å². The first-order chi connectivity index (χ1) is 10.7. The summed E-state index contributed by atoms with van der Waals surface area (Å²) in [4.78, 5) is 10.7. The molecule has 0 amide bonds. The highest BCUT2D eigenvalue weighted by molar-refractivity contribution is 6.62. The van der Waals surface area contributed by atoms with E-state index in [0.717, 1.165) is 5.46 Å². The van der Waals surface area contributed by atoms with Gasteiger partial charge in [0.1, 0.15) is 5.69 Å². The molecule has 1 saturated heterocycles. The van der Waals surface area contributed by atoms with Gasteiger partial charge in [-0.1, -0.05) is 12.1 Å². The molecule has 1 aliphatic heterocycles. The number of nitrogens with zero attached hydrogens (tertiary/aromatic N) is 3. The number of aromatic nitrogens is 2. The summed E-state index contributed by atoms with van der Waals surface area (Å²) in [6.07, 6.45) is 3.31. The van der Waals surface area contributed by atoms with Crippen molar-refractivity contribution in [1.29, 1.82) is 0 Å². The van der Waals surface area contributed by atoms with Crippen LogP contribution in [0, 0.1) is 10.1 Å². The van der Waals surface area contributed by atoms with Gasteiger partial charge in [-0.15, -0.1) is 0 Å². The van der Waals surface area contributed by atoms with E-state index in [1.807, 2.05) is 27.7 Å². The molecule has 23 heavy (non-hydrogen) atoms. The normalized spacial score (nSPS) is 19.0. The van der Waals surface area contributed by atoms with Crippen LogP contribution in [0.25, 0.3) is 5.69 Å². The van der Waals surface area contributed by atoms with Gasteiger partial charge >= 0.3 is 7.12 Å². The van der Waals surface area contributed by atoms with E-state index < -0.39 is 23.2 Å². The third kappa shape index (κ3) is 2.64. The zero-order valence-electron chi connectivity index (χ0n) is 13.5. The van der Waals surface area contributed by atoms with Gasteiger partial charge in [-0.05, 0) is 33.8 Å². The third-order valence-corrected chi connectivity index (χ3v) is 4.45. The lowest BCUT2D eigenvalue weighted by Crippen LogP contribution is -2.41. The Labute approximate surface area is 134 Å². The summed E-state index contributed by atoms with van der Waals surface area (Å²) in [6, 6.07) is 6.46. The highest BCUT2D eigenvalue weighted by atomic mass is 16.7. The fourth-order valence-corrected chi connectivity index (χ4v) is 2.38. The van der Waals surface area contributed by atoms with Crippen LogP contribution in [0.3, 0.4) is 0 Å². The molecule has 0 saturated carbocycles. The molecule has 0 radical (unpaired) electrons. The molecule has 0 bridgehead atoms. The molecule has 3 rings (SSSR count). The van der Waals surface area contributed by atoms with Gasteiger partial charge in [0.2, 0.25) is 0 Å². The maximum Gasteiger partial charge on any atom is 0.498 e. The van der Waals surface area contributed by atoms with Crippen molar-refractivity contribution in [2.45, 2.75) is 38.9 Å². The number of nitro groups is 1. The second-order valence-electron chi connectivity index (χ2n) is 6.55. The SMILES string of the molecule is CC1(C)OB(c2cnn(-c3ccccc3[N+](=O)[O-])c2)OC1(C)C. The second-order valence-corrected chi connectivity index (χ2v) is 6.55. The van der Waals surface area contributed by atoms with Gasteiger partial charge < -0.3 is 9.31 Å². The smallest absolute Gasteiger partial charge is 0.399 e. The van der Waals surface area contributed by atoms with E-state index in [9.17, 15) is 10.1 Å². The zero-order valence-corrected chi connectivity index (χ0v) is 13.5. The first-order valence-electron chi connectivity index (χ1n) is 7.35. The molecule has 1 aromatic heterocycles. The minimum atomic E-state index is -0.545. The maximum atomic E-state index is 11.1. The van der Waals surface area contributed by atoms with Crippen LogP contribution in [-0.2, 0) is 9.31 Å². The highest BCUT2D eigenvalue weighted by Gasteiger charge is 2.52. The van der Waals surface area contributed by atoms with Gasteiger partial charge in [0.05, 0.1) is 16.1 Å². The van der Waals surface area contributed by atoms with E-state index >= 15 is 0 Å². The molecule has 0 spiro atoms. The van der Waals surface area contributed by atoms with Crippen LogP contribution < -0.4 is 5.46 Å². The lowest BCUT2D eigenvalue weighted by molar-refractivity contribution is -0.384. The fourth-order valence-electron chi connectivity index (χ4n) is 2.38. The lowest BCUT2D eigenvalue weighted by Gasteiger charge is -2.32. The van der Waals surface area contributed by atoms with Crippen LogP contribution in [-0.4, -0.2) is 33.0 Å². The van der Waals surface area contributed by atoms with E-state index in [2.05, 4.69) is 5.10 Å². The minimum absolute atomic E-state index is 0.00364. The molecule has 2 heterocycles. The molecule has 0 N–H and O–H groups in total. The number of hydrogen-bond donors (Lipinski definition) is 0. The topological polar surface area (TPSA) is 79.4 Å². The monoisotopic (exact) mass is 315 g/mol. The first kappa shape index (κ1) is 15.7. The van der Waals surface area contributed by atoms with Crippen molar-refractivity contribution < 1.29 is 14.2 Å². The van der Waals surface area contributed by atoms with Crippen LogP contribution in [0.15, 0.2) is 36.7 Å². The standard InChI is InChI=1S/C15H18BN3O4/c1-14(2)15(3,4)23-16(22-14)11-9-17-18(10-11)12-7-5-6-8-13(12)19(20)21/h5-10H,1-4H3. The Morgan fingerprint density at radius 2 is 1.78 bits per heavy atom. The van der Waals surface area contributed by atoms with Crippen molar-refractivity contribution in [1.82, 2.24) is 9.78 Å². The Hall–Kier alpha value is -2.19. The number of hydrogen-bond acceptors (Lipinski definition) is 5. The zero-order chi connectivity index (χ0) is 16.8. The molecular weight excluding hydrogens is 297 g/mol. The third-order valence-electron chi connectivity index (χ3n) is 4.45. The molecule has 1 aliphatic rings. The van der Waals surface area contributed by atoms with Gasteiger partial charge in [-0.3, -0.25) is 10.1 Å². The molecule has 120 valence electrons. The van der Waals surface area contributed by atoms with Crippen molar-refractivity contribution in [3.63, 3.8) is 0 Å². The summed E-state index contributed by atoms with van der Waals surface area (Å²) >= 11 is 0. The van der Waals surface area contributed by atoms with Crippen molar-refractivity contribution in [2.24, 2.45) is 0 Å². The summed E-state index contributed by atoms with van der Waals surface area (Å²) in [7, 11) is -0.545. The van der Waals surface area contributed by atoms with Crippen molar-refractivity contribution in [3.05, 3.63) is 46.8 Å². The minimum Gasteiger partial charge on any atom is -0.399 e. The number of rotatable bonds is 3. The van der Waals surface area contributed by atoms with Gasteiger partial charge in [0.25, 0.3) is 5.69 Å². The summed E-state index contributed by atoms with van der Waals surface area (Å²) in [5.41, 5.74) is 0.231. The van der Waals surface area contributed by atoms with E-state index in [0.29, 0.717) is 5.69 Å². The van der Waals surface area contributed by atoms with Crippen molar-refractivity contribution in [2.75, 3.05) is 0 Å². The Bertz CT molecular complexity index is 741. The lowest BCUT2D eigenvalue weighted by atomic mass is 9.82. The van der Waals surface area contributed by atoms with Gasteiger partial charge in [-0.2, -0.15) is 5.10 Å². The second kappa shape index (κ2) is 5.18. The van der Waals surface area contributed by atoms with Gasteiger partial charge in [0, 0.05) is 23.9 Å². The molecule has 1 aromatic carbocycles. The van der Waals surface area contributed by atoms with Gasteiger partial charge in [0.15, 0.2) is 0 Å². The number of para-hydroxylation sites is 2. The molecule has 1 fully saturated rings. The van der Waals surface area contributed by atoms with Crippen LogP contribution in [0.2, 0.25) is 0 Å². The number of nitro benzene ring substituents is 1. The first-order valence-corrected chi connectivity index (χ1v) is 7.35. The molecule has 0 aliphatic carbocycles. The molecular formula is C15H18BN3O4. The number of benzene rings is 1. The largest absolute Gasteiger partial charge is 0.498 e. The summed E-state index contributed by atoms with van der Waals surface area (Å²) in [5, 5.41) is 15.4. The quantitative estimate of drug-likeness (QED) is 0.492. The Kier molecular flexibility index (Phi) is 3.53. The predicted octanol–water partition coefficient (Wildman–Crippen LogP) is 2.08. The average Bonchev–Trinajstić information content (AvgIpc) is 3.02. The Morgan fingerprint density at radius 1 is 1.17 bits per heavy atom. The van der Waals surface area contributed by atoms with Gasteiger partial charge in [-0.25, -0.2) is 4.68 Å². The molecule has 2 aromatic rings. The highest BCUT2D eigenvalue weighted by Crippen LogP contribution is 2.36. The summed E-state index contributed by atoms with van der Waals surface area (Å²) < 4.78 is 13.4. The van der Waals surface area contributed by atoms with Crippen LogP contribution in [0.4, 0.5) is 5.69 Å². The van der Waals surface area contributed by atoms with E-state index in [-0.39, 0.29) is 5.69 Å². The van der Waals surface area contributed by atoms with Crippen LogP contribution >= 0.6 is 0 Å². The Balaban J connectivity index is 1.93. The average molecular weight is 315 g/mol. The molecule has 7 nitrogen and oxygen atoms in total. The van der Waals surface area contributed by atoms with E-state index in [1.165, 1.54) is 10.7 Å². The maximum absolute atomic E-state index is 11.1. The Morgan fingerprint density at radius 3 is 2.39 bits per heavy atom. The predicted molar refractivity (Wildman–Crippen MR) is 85.9 cm³/mol.